The summed E-state index contributed by atoms with van der Waals surface area (Å²) in [7, 11) is 0. The number of hydrogen-bond acceptors (Lipinski definition) is 5. The Morgan fingerprint density at radius 1 is 1.09 bits per heavy atom. The van der Waals surface area contributed by atoms with Crippen LogP contribution in [0.25, 0.3) is 11.1 Å². The van der Waals surface area contributed by atoms with Crippen LogP contribution in [0.15, 0.2) is 61.2 Å². The van der Waals surface area contributed by atoms with Gasteiger partial charge in [-0.2, -0.15) is 0 Å². The van der Waals surface area contributed by atoms with E-state index in [-0.39, 0.29) is 25.7 Å². The largest absolute Gasteiger partial charge is 0.480 e. The van der Waals surface area contributed by atoms with Crippen molar-refractivity contribution in [2.75, 3.05) is 26.3 Å². The Hall–Kier alpha value is -3.81. The molecule has 33 heavy (non-hydrogen) atoms. The van der Waals surface area contributed by atoms with Crippen molar-refractivity contribution in [1.29, 1.82) is 0 Å². The number of alkyl carbamates (subject to hydrolysis) is 1. The molecule has 0 saturated carbocycles. The lowest BCUT2D eigenvalue weighted by atomic mass is 9.98. The second-order valence-electron chi connectivity index (χ2n) is 7.71. The van der Waals surface area contributed by atoms with Crippen LogP contribution >= 0.6 is 0 Å². The zero-order valence-electron chi connectivity index (χ0n) is 18.5. The van der Waals surface area contributed by atoms with Crippen LogP contribution in [0.3, 0.4) is 0 Å². The Bertz CT molecular complexity index is 976. The van der Waals surface area contributed by atoms with Gasteiger partial charge in [0.2, 0.25) is 0 Å². The normalized spacial score (nSPS) is 12.8. The summed E-state index contributed by atoms with van der Waals surface area (Å²) in [4.78, 5) is 36.9. The molecule has 2 amide bonds. The second kappa shape index (κ2) is 11.2. The van der Waals surface area contributed by atoms with Crippen molar-refractivity contribution in [3.05, 3.63) is 72.3 Å². The van der Waals surface area contributed by atoms with Crippen molar-refractivity contribution >= 4 is 18.2 Å². The zero-order chi connectivity index (χ0) is 23.8. The highest BCUT2D eigenvalue weighted by atomic mass is 16.6. The number of carbonyl (C=O) groups excluding carboxylic acids is 2. The van der Waals surface area contributed by atoms with Gasteiger partial charge in [-0.1, -0.05) is 68.1 Å². The summed E-state index contributed by atoms with van der Waals surface area (Å²) in [5, 5.41) is 11.8. The molecule has 0 unspecified atom stereocenters. The smallest absolute Gasteiger partial charge is 0.410 e. The van der Waals surface area contributed by atoms with E-state index >= 15 is 0 Å². The molecule has 174 valence electrons. The van der Waals surface area contributed by atoms with Crippen molar-refractivity contribution in [2.24, 2.45) is 0 Å². The van der Waals surface area contributed by atoms with Gasteiger partial charge in [0.05, 0.1) is 0 Å². The summed E-state index contributed by atoms with van der Waals surface area (Å²) >= 11 is 0. The lowest BCUT2D eigenvalue weighted by Gasteiger charge is -2.25. The summed E-state index contributed by atoms with van der Waals surface area (Å²) in [5.74, 6) is -1.25. The first-order valence-electron chi connectivity index (χ1n) is 10.8. The Labute approximate surface area is 192 Å². The van der Waals surface area contributed by atoms with Crippen molar-refractivity contribution in [1.82, 2.24) is 10.2 Å². The molecule has 8 heteroatoms. The average Bonchev–Trinajstić information content (AvgIpc) is 3.13. The number of aliphatic carboxylic acids is 1. The number of nitrogens with zero attached hydrogens (tertiary/aromatic N) is 1. The van der Waals surface area contributed by atoms with Crippen LogP contribution in [0.2, 0.25) is 0 Å². The molecule has 0 bridgehead atoms. The van der Waals surface area contributed by atoms with Gasteiger partial charge in [-0.15, -0.1) is 0 Å². The fourth-order valence-electron chi connectivity index (χ4n) is 3.94. The van der Waals surface area contributed by atoms with Crippen LogP contribution in [0.4, 0.5) is 9.59 Å². The van der Waals surface area contributed by atoms with Crippen molar-refractivity contribution in [2.45, 2.75) is 25.3 Å². The Kier molecular flexibility index (Phi) is 8.07. The van der Waals surface area contributed by atoms with E-state index in [1.165, 1.54) is 6.08 Å². The number of carboxylic acids is 1. The quantitative estimate of drug-likeness (QED) is 0.528. The van der Waals surface area contributed by atoms with E-state index in [0.29, 0.717) is 6.42 Å². The highest BCUT2D eigenvalue weighted by Gasteiger charge is 2.29. The Morgan fingerprint density at radius 2 is 1.70 bits per heavy atom. The van der Waals surface area contributed by atoms with Gasteiger partial charge in [0.1, 0.15) is 19.8 Å². The lowest BCUT2D eigenvalue weighted by Crippen LogP contribution is -2.47. The molecule has 0 radical (unpaired) electrons. The second-order valence-corrected chi connectivity index (χ2v) is 7.71. The molecule has 2 aromatic rings. The third-order valence-electron chi connectivity index (χ3n) is 5.51. The molecule has 0 fully saturated rings. The first-order chi connectivity index (χ1) is 15.9. The number of nitrogens with one attached hydrogen (secondary N) is 1. The topological polar surface area (TPSA) is 105 Å². The number of fused-ring (bicyclic) bond motifs is 3. The van der Waals surface area contributed by atoms with E-state index in [2.05, 4.69) is 24.0 Å². The van der Waals surface area contributed by atoms with E-state index in [1.54, 1.807) is 0 Å². The van der Waals surface area contributed by atoms with Gasteiger partial charge < -0.3 is 19.9 Å². The molecule has 0 saturated heterocycles. The van der Waals surface area contributed by atoms with Gasteiger partial charge in [0, 0.05) is 18.5 Å². The number of benzene rings is 2. The number of rotatable bonds is 10. The van der Waals surface area contributed by atoms with Gasteiger partial charge in [-0.3, -0.25) is 9.69 Å². The number of amides is 2. The predicted molar refractivity (Wildman–Crippen MR) is 123 cm³/mol. The standard InChI is InChI=1S/C25H28N2O6/c1-3-13-32-25(31)27(15-23(28)29)14-17(4-2)26-24(30)33-16-22-20-11-7-5-9-18(20)19-10-6-8-12-21(19)22/h3,5-12,17,22H,1,4,13-16H2,2H3,(H,26,30)(H,28,29)/t17-/m0/s1. The molecular formula is C25H28N2O6. The van der Waals surface area contributed by atoms with Crippen molar-refractivity contribution in [3.63, 3.8) is 0 Å². The van der Waals surface area contributed by atoms with Crippen LogP contribution in [-0.2, 0) is 14.3 Å². The summed E-state index contributed by atoms with van der Waals surface area (Å²) in [6.45, 7) is 4.85. The van der Waals surface area contributed by atoms with Crippen LogP contribution in [0, 0.1) is 0 Å². The summed E-state index contributed by atoms with van der Waals surface area (Å²) < 4.78 is 10.5. The van der Waals surface area contributed by atoms with E-state index in [9.17, 15) is 14.4 Å². The molecule has 2 N–H and O–H groups in total. The predicted octanol–water partition coefficient (Wildman–Crippen LogP) is 4.01. The van der Waals surface area contributed by atoms with Crippen molar-refractivity contribution in [3.8, 4) is 11.1 Å². The maximum atomic E-state index is 12.5. The van der Waals surface area contributed by atoms with Gasteiger partial charge in [-0.05, 0) is 28.7 Å². The molecular weight excluding hydrogens is 424 g/mol. The number of ether oxygens (including phenoxy) is 2. The maximum absolute atomic E-state index is 12.5. The summed E-state index contributed by atoms with van der Waals surface area (Å²) in [6.07, 6.45) is 0.446. The number of carboxylic acid groups (broad SMARTS) is 1. The minimum absolute atomic E-state index is 0.0248. The molecule has 1 aliphatic carbocycles. The molecule has 1 atom stereocenters. The molecule has 2 aromatic carbocycles. The van der Waals surface area contributed by atoms with Crippen LogP contribution < -0.4 is 5.32 Å². The Balaban J connectivity index is 1.61. The van der Waals surface area contributed by atoms with Gasteiger partial charge >= 0.3 is 18.2 Å². The van der Waals surface area contributed by atoms with E-state index in [1.807, 2.05) is 43.3 Å². The maximum Gasteiger partial charge on any atom is 0.410 e. The first-order valence-corrected chi connectivity index (χ1v) is 10.8. The molecule has 1 aliphatic rings. The summed E-state index contributed by atoms with van der Waals surface area (Å²) in [5.41, 5.74) is 4.49. The van der Waals surface area contributed by atoms with Gasteiger partial charge in [0.25, 0.3) is 0 Å². The van der Waals surface area contributed by atoms with E-state index in [4.69, 9.17) is 14.6 Å². The highest BCUT2D eigenvalue weighted by Crippen LogP contribution is 2.44. The minimum atomic E-state index is -1.18. The lowest BCUT2D eigenvalue weighted by molar-refractivity contribution is -0.138. The Morgan fingerprint density at radius 3 is 2.24 bits per heavy atom. The monoisotopic (exact) mass is 452 g/mol. The van der Waals surface area contributed by atoms with E-state index in [0.717, 1.165) is 27.2 Å². The fraction of sp³-hybridized carbons (Fsp3) is 0.320. The van der Waals surface area contributed by atoms with Crippen LogP contribution in [-0.4, -0.2) is 60.5 Å². The molecule has 0 aliphatic heterocycles. The van der Waals surface area contributed by atoms with Gasteiger partial charge in [-0.25, -0.2) is 9.59 Å². The molecule has 0 spiro atoms. The molecule has 3 rings (SSSR count). The number of hydrogen-bond donors (Lipinski definition) is 2. The third kappa shape index (κ3) is 5.91. The van der Waals surface area contributed by atoms with Crippen molar-refractivity contribution < 1.29 is 29.0 Å². The zero-order valence-corrected chi connectivity index (χ0v) is 18.5. The molecule has 8 nitrogen and oxygen atoms in total. The number of carbonyl (C=O) groups is 3. The molecule has 0 aromatic heterocycles. The third-order valence-corrected chi connectivity index (χ3v) is 5.51. The minimum Gasteiger partial charge on any atom is -0.480 e. The van der Waals surface area contributed by atoms with Gasteiger partial charge in [0.15, 0.2) is 0 Å². The average molecular weight is 453 g/mol. The fourth-order valence-corrected chi connectivity index (χ4v) is 3.94. The van der Waals surface area contributed by atoms with E-state index < -0.39 is 30.7 Å². The van der Waals surface area contributed by atoms with Crippen LogP contribution in [0.5, 0.6) is 0 Å². The summed E-state index contributed by atoms with van der Waals surface area (Å²) in [6, 6.07) is 15.6. The molecule has 0 heterocycles. The highest BCUT2D eigenvalue weighted by molar-refractivity contribution is 5.79. The SMILES string of the molecule is C=CCOC(=O)N(CC(=O)O)C[C@H](CC)NC(=O)OCC1c2ccccc2-c2ccccc21. The van der Waals surface area contributed by atoms with Crippen LogP contribution in [0.1, 0.15) is 30.4 Å². The first kappa shape index (κ1) is 23.8.